The summed E-state index contributed by atoms with van der Waals surface area (Å²) in [6, 6.07) is 4.46. The van der Waals surface area contributed by atoms with Gasteiger partial charge in [-0.05, 0) is 30.2 Å². The van der Waals surface area contributed by atoms with Gasteiger partial charge in [0.05, 0.1) is 0 Å². The number of hydrogen-bond acceptors (Lipinski definition) is 3. The highest BCUT2D eigenvalue weighted by Gasteiger charge is 2.30. The molecule has 1 aromatic rings. The van der Waals surface area contributed by atoms with E-state index in [0.717, 1.165) is 0 Å². The van der Waals surface area contributed by atoms with Gasteiger partial charge in [-0.15, -0.1) is 0 Å². The van der Waals surface area contributed by atoms with E-state index in [2.05, 4.69) is 10.6 Å². The van der Waals surface area contributed by atoms with Gasteiger partial charge in [0.1, 0.15) is 11.9 Å². The summed E-state index contributed by atoms with van der Waals surface area (Å²) < 4.78 is 13.0. The van der Waals surface area contributed by atoms with Gasteiger partial charge < -0.3 is 15.5 Å². The Bertz CT molecular complexity index is 616. The van der Waals surface area contributed by atoms with Crippen LogP contribution in [0.4, 0.5) is 4.39 Å². The SMILES string of the molecule is CC(C)C(NC(=O)c1ccc(F)cc1)C(=O)N1CCNC(=O)CC1. The van der Waals surface area contributed by atoms with Crippen LogP contribution in [0.2, 0.25) is 0 Å². The molecule has 1 fully saturated rings. The molecule has 3 amide bonds. The van der Waals surface area contributed by atoms with E-state index in [1.165, 1.54) is 24.3 Å². The molecule has 0 radical (unpaired) electrons. The second-order valence-corrected chi connectivity index (χ2v) is 6.13. The lowest BCUT2D eigenvalue weighted by molar-refractivity contribution is -0.134. The first kappa shape index (κ1) is 17.9. The molecule has 24 heavy (non-hydrogen) atoms. The van der Waals surface area contributed by atoms with E-state index in [9.17, 15) is 18.8 Å². The van der Waals surface area contributed by atoms with Crippen molar-refractivity contribution >= 4 is 17.7 Å². The first-order chi connectivity index (χ1) is 11.4. The molecular formula is C17H22FN3O3. The lowest BCUT2D eigenvalue weighted by atomic mass is 10.0. The number of hydrogen-bond donors (Lipinski definition) is 2. The van der Waals surface area contributed by atoms with Gasteiger partial charge in [-0.25, -0.2) is 4.39 Å². The Morgan fingerprint density at radius 1 is 1.21 bits per heavy atom. The molecule has 0 bridgehead atoms. The predicted molar refractivity (Wildman–Crippen MR) is 86.7 cm³/mol. The molecule has 0 saturated carbocycles. The number of carbonyl (C=O) groups is 3. The Morgan fingerprint density at radius 3 is 2.50 bits per heavy atom. The highest BCUT2D eigenvalue weighted by atomic mass is 19.1. The molecular weight excluding hydrogens is 313 g/mol. The minimum absolute atomic E-state index is 0.0817. The lowest BCUT2D eigenvalue weighted by Crippen LogP contribution is -2.52. The maximum absolute atomic E-state index is 13.0. The Kier molecular flexibility index (Phi) is 5.89. The zero-order valence-electron chi connectivity index (χ0n) is 13.8. The third-order valence-corrected chi connectivity index (χ3v) is 3.95. The Labute approximate surface area is 140 Å². The van der Waals surface area contributed by atoms with Crippen LogP contribution in [0.5, 0.6) is 0 Å². The van der Waals surface area contributed by atoms with Crippen LogP contribution in [-0.4, -0.2) is 48.3 Å². The number of nitrogens with one attached hydrogen (secondary N) is 2. The second-order valence-electron chi connectivity index (χ2n) is 6.13. The van der Waals surface area contributed by atoms with E-state index in [1.807, 2.05) is 13.8 Å². The lowest BCUT2D eigenvalue weighted by Gasteiger charge is -2.28. The number of amides is 3. The largest absolute Gasteiger partial charge is 0.354 e. The van der Waals surface area contributed by atoms with Gasteiger partial charge >= 0.3 is 0 Å². The molecule has 130 valence electrons. The third kappa shape index (κ3) is 4.53. The Hall–Kier alpha value is -2.44. The monoisotopic (exact) mass is 335 g/mol. The van der Waals surface area contributed by atoms with Crippen molar-refractivity contribution in [2.75, 3.05) is 19.6 Å². The zero-order valence-corrected chi connectivity index (χ0v) is 13.8. The molecule has 6 nitrogen and oxygen atoms in total. The quantitative estimate of drug-likeness (QED) is 0.859. The van der Waals surface area contributed by atoms with E-state index >= 15 is 0 Å². The maximum atomic E-state index is 13.0. The molecule has 0 spiro atoms. The van der Waals surface area contributed by atoms with Crippen LogP contribution >= 0.6 is 0 Å². The summed E-state index contributed by atoms with van der Waals surface area (Å²) >= 11 is 0. The van der Waals surface area contributed by atoms with Crippen molar-refractivity contribution < 1.29 is 18.8 Å². The average molecular weight is 335 g/mol. The smallest absolute Gasteiger partial charge is 0.251 e. The molecule has 7 heteroatoms. The summed E-state index contributed by atoms with van der Waals surface area (Å²) in [4.78, 5) is 38.0. The molecule has 2 N–H and O–H groups in total. The van der Waals surface area contributed by atoms with Gasteiger partial charge in [0, 0.05) is 31.6 Å². The summed E-state index contributed by atoms with van der Waals surface area (Å²) in [6.07, 6.45) is 0.252. The summed E-state index contributed by atoms with van der Waals surface area (Å²) in [5.74, 6) is -1.26. The normalized spacial score (nSPS) is 16.3. The molecule has 1 aliphatic rings. The first-order valence-electron chi connectivity index (χ1n) is 8.00. The minimum Gasteiger partial charge on any atom is -0.354 e. The Morgan fingerprint density at radius 2 is 1.88 bits per heavy atom. The van der Waals surface area contributed by atoms with E-state index in [1.54, 1.807) is 4.90 Å². The van der Waals surface area contributed by atoms with Gasteiger partial charge in [-0.2, -0.15) is 0 Å². The van der Waals surface area contributed by atoms with Crippen LogP contribution in [0.1, 0.15) is 30.6 Å². The molecule has 0 aliphatic carbocycles. The van der Waals surface area contributed by atoms with E-state index in [4.69, 9.17) is 0 Å². The highest BCUT2D eigenvalue weighted by molar-refractivity contribution is 5.97. The van der Waals surface area contributed by atoms with Crippen molar-refractivity contribution in [3.8, 4) is 0 Å². The molecule has 1 unspecified atom stereocenters. The summed E-state index contributed by atoms with van der Waals surface area (Å²) in [6.45, 7) is 4.84. The standard InChI is InChI=1S/C17H22FN3O3/c1-11(2)15(17(24)21-9-7-14(22)19-8-10-21)20-16(23)12-3-5-13(18)6-4-12/h3-6,11,15H,7-10H2,1-2H3,(H,19,22)(H,20,23). The van der Waals surface area contributed by atoms with Gasteiger partial charge in [-0.1, -0.05) is 13.8 Å². The van der Waals surface area contributed by atoms with Crippen molar-refractivity contribution in [1.82, 2.24) is 15.5 Å². The number of benzene rings is 1. The third-order valence-electron chi connectivity index (χ3n) is 3.95. The van der Waals surface area contributed by atoms with Gasteiger partial charge in [0.15, 0.2) is 0 Å². The van der Waals surface area contributed by atoms with E-state index in [-0.39, 0.29) is 24.2 Å². The molecule has 1 aromatic carbocycles. The molecule has 1 saturated heterocycles. The topological polar surface area (TPSA) is 78.5 Å². The fourth-order valence-electron chi connectivity index (χ4n) is 2.52. The number of halogens is 1. The molecule has 2 rings (SSSR count). The van der Waals surface area contributed by atoms with Crippen LogP contribution in [0.15, 0.2) is 24.3 Å². The van der Waals surface area contributed by atoms with Crippen LogP contribution < -0.4 is 10.6 Å². The van der Waals surface area contributed by atoms with Crippen molar-refractivity contribution in [3.63, 3.8) is 0 Å². The highest BCUT2D eigenvalue weighted by Crippen LogP contribution is 2.10. The zero-order chi connectivity index (χ0) is 17.7. The molecule has 1 heterocycles. The summed E-state index contributed by atoms with van der Waals surface area (Å²) in [5.41, 5.74) is 0.294. The first-order valence-corrected chi connectivity index (χ1v) is 8.00. The fourth-order valence-corrected chi connectivity index (χ4v) is 2.52. The van der Waals surface area contributed by atoms with Crippen LogP contribution in [0, 0.1) is 11.7 Å². The molecule has 1 aliphatic heterocycles. The van der Waals surface area contributed by atoms with Gasteiger partial charge in [-0.3, -0.25) is 14.4 Å². The van der Waals surface area contributed by atoms with Crippen LogP contribution in [0.3, 0.4) is 0 Å². The van der Waals surface area contributed by atoms with Crippen molar-refractivity contribution in [2.24, 2.45) is 5.92 Å². The van der Waals surface area contributed by atoms with E-state index < -0.39 is 17.8 Å². The second kappa shape index (κ2) is 7.90. The van der Waals surface area contributed by atoms with Crippen molar-refractivity contribution in [3.05, 3.63) is 35.6 Å². The average Bonchev–Trinajstić information content (AvgIpc) is 2.76. The molecule has 1 atom stereocenters. The summed E-state index contributed by atoms with van der Waals surface area (Å²) in [5, 5.41) is 5.44. The predicted octanol–water partition coefficient (Wildman–Crippen LogP) is 0.929. The Balaban J connectivity index is 2.07. The minimum atomic E-state index is -0.698. The maximum Gasteiger partial charge on any atom is 0.251 e. The molecule has 0 aromatic heterocycles. The van der Waals surface area contributed by atoms with Gasteiger partial charge in [0.25, 0.3) is 5.91 Å². The van der Waals surface area contributed by atoms with Crippen LogP contribution in [0.25, 0.3) is 0 Å². The van der Waals surface area contributed by atoms with Crippen molar-refractivity contribution in [1.29, 1.82) is 0 Å². The van der Waals surface area contributed by atoms with Crippen molar-refractivity contribution in [2.45, 2.75) is 26.3 Å². The van der Waals surface area contributed by atoms with Crippen LogP contribution in [-0.2, 0) is 9.59 Å². The summed E-state index contributed by atoms with van der Waals surface area (Å²) in [7, 11) is 0. The number of nitrogens with zero attached hydrogens (tertiary/aromatic N) is 1. The fraction of sp³-hybridized carbons (Fsp3) is 0.471. The van der Waals surface area contributed by atoms with Gasteiger partial charge in [0.2, 0.25) is 11.8 Å². The number of carbonyl (C=O) groups excluding carboxylic acids is 3. The van der Waals surface area contributed by atoms with E-state index in [0.29, 0.717) is 25.2 Å². The number of rotatable bonds is 4.